The first-order valence-corrected chi connectivity index (χ1v) is 10.7. The SMILES string of the molecule is CN(C(=O)OC1CNC1)C(c1ccc(NC2Cc3ccccc3C2(C)C)cc1)C(F)(F)F. The molecule has 2 N–H and O–H groups in total. The van der Waals surface area contributed by atoms with Crippen molar-refractivity contribution < 1.29 is 22.7 Å². The number of carbonyl (C=O) groups is 1. The Morgan fingerprint density at radius 2 is 1.81 bits per heavy atom. The van der Waals surface area contributed by atoms with E-state index in [2.05, 4.69) is 36.6 Å². The number of fused-ring (bicyclic) bond motifs is 1. The monoisotopic (exact) mass is 447 g/mol. The lowest BCUT2D eigenvalue weighted by Crippen LogP contribution is -2.51. The molecule has 32 heavy (non-hydrogen) atoms. The van der Waals surface area contributed by atoms with Gasteiger partial charge in [0.05, 0.1) is 0 Å². The third-order valence-corrected chi connectivity index (χ3v) is 6.57. The van der Waals surface area contributed by atoms with E-state index in [4.69, 9.17) is 4.74 Å². The van der Waals surface area contributed by atoms with Gasteiger partial charge in [-0.1, -0.05) is 50.2 Å². The molecule has 1 fully saturated rings. The van der Waals surface area contributed by atoms with E-state index < -0.39 is 18.3 Å². The second-order valence-corrected chi connectivity index (χ2v) is 9.12. The van der Waals surface area contributed by atoms with Crippen molar-refractivity contribution in [2.24, 2.45) is 0 Å². The van der Waals surface area contributed by atoms with Crippen LogP contribution in [0.2, 0.25) is 0 Å². The highest BCUT2D eigenvalue weighted by molar-refractivity contribution is 5.68. The molecule has 1 saturated heterocycles. The predicted molar refractivity (Wildman–Crippen MR) is 117 cm³/mol. The van der Waals surface area contributed by atoms with Crippen molar-refractivity contribution >= 4 is 11.8 Å². The third-order valence-electron chi connectivity index (χ3n) is 6.57. The summed E-state index contributed by atoms with van der Waals surface area (Å²) in [5.74, 6) is 0. The average Bonchev–Trinajstić information content (AvgIpc) is 2.95. The second kappa shape index (κ2) is 8.31. The summed E-state index contributed by atoms with van der Waals surface area (Å²) in [7, 11) is 1.12. The van der Waals surface area contributed by atoms with Gasteiger partial charge in [-0.2, -0.15) is 13.2 Å². The van der Waals surface area contributed by atoms with Gasteiger partial charge in [-0.05, 0) is 35.2 Å². The number of anilines is 1. The highest BCUT2D eigenvalue weighted by Crippen LogP contribution is 2.41. The molecule has 1 aliphatic heterocycles. The van der Waals surface area contributed by atoms with Crippen molar-refractivity contribution in [3.8, 4) is 0 Å². The molecule has 8 heteroatoms. The number of amides is 1. The van der Waals surface area contributed by atoms with E-state index in [-0.39, 0.29) is 23.1 Å². The van der Waals surface area contributed by atoms with Gasteiger partial charge < -0.3 is 15.4 Å². The van der Waals surface area contributed by atoms with Crippen LogP contribution in [-0.4, -0.2) is 49.5 Å². The minimum atomic E-state index is -4.63. The van der Waals surface area contributed by atoms with Crippen LogP contribution in [-0.2, 0) is 16.6 Å². The standard InChI is InChI=1S/C24H28F3N3O2/c1-23(2)19-7-5-4-6-16(19)12-20(23)29-17-10-8-15(9-11-17)21(24(25,26)27)30(3)22(31)32-18-13-28-14-18/h4-11,18,20-21,28-29H,12-14H2,1-3H3. The van der Waals surface area contributed by atoms with Crippen molar-refractivity contribution in [2.45, 2.75) is 50.0 Å². The fourth-order valence-electron chi connectivity index (χ4n) is 4.49. The molecule has 172 valence electrons. The van der Waals surface area contributed by atoms with Crippen molar-refractivity contribution in [2.75, 3.05) is 25.5 Å². The van der Waals surface area contributed by atoms with Gasteiger partial charge in [0.25, 0.3) is 0 Å². The largest absolute Gasteiger partial charge is 0.443 e. The van der Waals surface area contributed by atoms with E-state index in [0.717, 1.165) is 19.2 Å². The van der Waals surface area contributed by atoms with Crippen LogP contribution in [0.15, 0.2) is 48.5 Å². The molecule has 2 aromatic carbocycles. The molecule has 0 spiro atoms. The molecule has 1 aliphatic carbocycles. The van der Waals surface area contributed by atoms with Gasteiger partial charge in [0.2, 0.25) is 0 Å². The number of halogens is 3. The second-order valence-electron chi connectivity index (χ2n) is 9.12. The molecule has 0 bridgehead atoms. The van der Waals surface area contributed by atoms with E-state index in [1.807, 2.05) is 12.1 Å². The van der Waals surface area contributed by atoms with Gasteiger partial charge in [0, 0.05) is 37.3 Å². The fraction of sp³-hybridized carbons (Fsp3) is 0.458. The van der Waals surface area contributed by atoms with Gasteiger partial charge in [-0.3, -0.25) is 4.90 Å². The number of benzene rings is 2. The van der Waals surface area contributed by atoms with Crippen LogP contribution < -0.4 is 10.6 Å². The van der Waals surface area contributed by atoms with Gasteiger partial charge in [0.15, 0.2) is 6.04 Å². The number of ether oxygens (including phenoxy) is 1. The Morgan fingerprint density at radius 3 is 2.38 bits per heavy atom. The van der Waals surface area contributed by atoms with Crippen molar-refractivity contribution in [3.63, 3.8) is 0 Å². The Morgan fingerprint density at radius 1 is 1.16 bits per heavy atom. The number of hydrogen-bond acceptors (Lipinski definition) is 4. The quantitative estimate of drug-likeness (QED) is 0.701. The summed E-state index contributed by atoms with van der Waals surface area (Å²) in [6, 6.07) is 12.5. The lowest BCUT2D eigenvalue weighted by molar-refractivity contribution is -0.179. The molecule has 1 heterocycles. The zero-order valence-corrected chi connectivity index (χ0v) is 18.4. The number of nitrogens with one attached hydrogen (secondary N) is 2. The van der Waals surface area contributed by atoms with E-state index >= 15 is 0 Å². The topological polar surface area (TPSA) is 53.6 Å². The van der Waals surface area contributed by atoms with E-state index in [1.165, 1.54) is 23.3 Å². The maximum Gasteiger partial charge on any atom is 0.413 e. The molecular formula is C24H28F3N3O2. The summed E-state index contributed by atoms with van der Waals surface area (Å²) in [4.78, 5) is 12.9. The average molecular weight is 448 g/mol. The van der Waals surface area contributed by atoms with Gasteiger partial charge in [-0.25, -0.2) is 4.79 Å². The Kier molecular flexibility index (Phi) is 5.83. The molecule has 1 amide bonds. The lowest BCUT2D eigenvalue weighted by Gasteiger charge is -2.33. The highest BCUT2D eigenvalue weighted by Gasteiger charge is 2.46. The molecule has 5 nitrogen and oxygen atoms in total. The fourth-order valence-corrected chi connectivity index (χ4v) is 4.49. The van der Waals surface area contributed by atoms with Crippen LogP contribution in [0.25, 0.3) is 0 Å². The maximum atomic E-state index is 13.9. The van der Waals surface area contributed by atoms with Crippen LogP contribution in [0.3, 0.4) is 0 Å². The summed E-state index contributed by atoms with van der Waals surface area (Å²) >= 11 is 0. The summed E-state index contributed by atoms with van der Waals surface area (Å²) in [6.45, 7) is 5.25. The number of hydrogen-bond donors (Lipinski definition) is 2. The number of carbonyl (C=O) groups excluding carboxylic acids is 1. The van der Waals surface area contributed by atoms with Crippen molar-refractivity contribution in [1.29, 1.82) is 0 Å². The predicted octanol–water partition coefficient (Wildman–Crippen LogP) is 4.64. The first kappa shape index (κ1) is 22.5. The molecule has 0 aromatic heterocycles. The summed E-state index contributed by atoms with van der Waals surface area (Å²) in [6.07, 6.45) is -5.15. The van der Waals surface area contributed by atoms with Crippen LogP contribution in [0.5, 0.6) is 0 Å². The van der Waals surface area contributed by atoms with Gasteiger partial charge >= 0.3 is 12.3 Å². The maximum absolute atomic E-state index is 13.9. The minimum absolute atomic E-state index is 0.0109. The van der Waals surface area contributed by atoms with Crippen LogP contribution in [0.1, 0.15) is 36.6 Å². The van der Waals surface area contributed by atoms with E-state index in [9.17, 15) is 18.0 Å². The zero-order chi connectivity index (χ0) is 23.1. The smallest absolute Gasteiger partial charge is 0.413 e. The molecular weight excluding hydrogens is 419 g/mol. The van der Waals surface area contributed by atoms with Crippen LogP contribution in [0.4, 0.5) is 23.7 Å². The molecule has 2 unspecified atom stereocenters. The summed E-state index contributed by atoms with van der Waals surface area (Å²) < 4.78 is 46.7. The number of alkyl halides is 3. The lowest BCUT2D eigenvalue weighted by atomic mass is 9.83. The Balaban J connectivity index is 1.49. The number of nitrogens with zero attached hydrogens (tertiary/aromatic N) is 1. The van der Waals surface area contributed by atoms with E-state index in [1.54, 1.807) is 12.1 Å². The Labute approximate surface area is 185 Å². The zero-order valence-electron chi connectivity index (χ0n) is 18.4. The Hall–Kier alpha value is -2.74. The van der Waals surface area contributed by atoms with Gasteiger partial charge in [-0.15, -0.1) is 0 Å². The molecule has 2 aliphatic rings. The Bertz CT molecular complexity index is 971. The molecule has 4 rings (SSSR count). The minimum Gasteiger partial charge on any atom is -0.443 e. The first-order valence-electron chi connectivity index (χ1n) is 10.7. The van der Waals surface area contributed by atoms with Gasteiger partial charge in [0.1, 0.15) is 6.10 Å². The van der Waals surface area contributed by atoms with E-state index in [0.29, 0.717) is 18.0 Å². The number of rotatable bonds is 5. The molecule has 2 aromatic rings. The molecule has 0 saturated carbocycles. The van der Waals surface area contributed by atoms with Crippen molar-refractivity contribution in [1.82, 2.24) is 10.2 Å². The van der Waals surface area contributed by atoms with Crippen LogP contribution >= 0.6 is 0 Å². The normalized spacial score (nSPS) is 20.8. The summed E-state index contributed by atoms with van der Waals surface area (Å²) in [5, 5.41) is 6.40. The first-order chi connectivity index (χ1) is 15.1. The molecule has 2 atom stereocenters. The van der Waals surface area contributed by atoms with Crippen molar-refractivity contribution in [3.05, 3.63) is 65.2 Å². The third kappa shape index (κ3) is 4.28. The van der Waals surface area contributed by atoms with Crippen LogP contribution in [0, 0.1) is 0 Å². The summed E-state index contributed by atoms with van der Waals surface area (Å²) in [5.41, 5.74) is 3.19. The highest BCUT2D eigenvalue weighted by atomic mass is 19.4. The molecule has 0 radical (unpaired) electrons.